The van der Waals surface area contributed by atoms with E-state index in [1.54, 1.807) is 6.08 Å². The molecule has 0 bridgehead atoms. The van der Waals surface area contributed by atoms with Crippen molar-refractivity contribution in [1.29, 1.82) is 0 Å². The number of quaternary nitrogens is 1. The predicted molar refractivity (Wildman–Crippen MR) is 220 cm³/mol. The molecule has 0 spiro atoms. The van der Waals surface area contributed by atoms with Gasteiger partial charge in [-0.1, -0.05) is 153 Å². The molecule has 0 aliphatic heterocycles. The molecule has 0 rings (SSSR count). The zero-order valence-electron chi connectivity index (χ0n) is 34.7. The van der Waals surface area contributed by atoms with Crippen molar-refractivity contribution in [2.75, 3.05) is 47.5 Å². The Morgan fingerprint density at radius 3 is 1.60 bits per heavy atom. The van der Waals surface area contributed by atoms with Crippen LogP contribution in [0.4, 0.5) is 0 Å². The van der Waals surface area contributed by atoms with Crippen LogP contribution in [0.25, 0.3) is 0 Å². The number of carbonyl (C=O) groups is 2. The summed E-state index contributed by atoms with van der Waals surface area (Å²) in [5.74, 6) is -1.06. The number of ether oxygens (including phenoxy) is 2. The van der Waals surface area contributed by atoms with Gasteiger partial charge < -0.3 is 18.9 Å². The van der Waals surface area contributed by atoms with Gasteiger partial charge in [0.2, 0.25) is 0 Å². The van der Waals surface area contributed by atoms with E-state index < -0.39 is 32.5 Å². The highest BCUT2D eigenvalue weighted by Crippen LogP contribution is 2.43. The number of esters is 2. The standard InChI is InChI=1S/C43H80NO8P/c1-6-8-10-12-14-16-18-20-22-24-25-27-29-31-33-35-42(45)49-39-41(40-51-53(47,48)50-38-37-44(3,4)5)52-43(46)36-34-32-30-28-26-23-21-19-17-15-13-11-9-7-2/h19,21,29,31,33,35,41H,6-18,20,22-28,30,32,34,36-40H2,1-5H3/p+1/b21-19+,31-29+,35-33+/t41-/m1/s1. The molecule has 0 aromatic rings. The van der Waals surface area contributed by atoms with Crippen molar-refractivity contribution in [2.45, 2.75) is 180 Å². The fourth-order valence-electron chi connectivity index (χ4n) is 5.63. The minimum absolute atomic E-state index is 0.0176. The molecule has 1 N–H and O–H groups in total. The quantitative estimate of drug-likeness (QED) is 0.0126. The highest BCUT2D eigenvalue weighted by molar-refractivity contribution is 7.47. The molecule has 0 aromatic heterocycles. The molecule has 0 aliphatic rings. The molecule has 0 heterocycles. The van der Waals surface area contributed by atoms with Crippen molar-refractivity contribution in [3.05, 3.63) is 36.5 Å². The lowest BCUT2D eigenvalue weighted by Gasteiger charge is -2.24. The Hall–Kier alpha value is -1.77. The molecule has 10 heteroatoms. The maximum atomic E-state index is 12.6. The summed E-state index contributed by atoms with van der Waals surface area (Å²) in [5, 5.41) is 0. The zero-order valence-corrected chi connectivity index (χ0v) is 35.6. The molecular weight excluding hydrogens is 689 g/mol. The summed E-state index contributed by atoms with van der Waals surface area (Å²) >= 11 is 0. The Morgan fingerprint density at radius 2 is 1.09 bits per heavy atom. The van der Waals surface area contributed by atoms with Gasteiger partial charge in [-0.05, 0) is 44.9 Å². The third-order valence-corrected chi connectivity index (χ3v) is 9.98. The maximum Gasteiger partial charge on any atom is 0.472 e. The van der Waals surface area contributed by atoms with Gasteiger partial charge in [0, 0.05) is 12.5 Å². The van der Waals surface area contributed by atoms with Crippen LogP contribution in [0.15, 0.2) is 36.5 Å². The van der Waals surface area contributed by atoms with E-state index >= 15 is 0 Å². The first kappa shape index (κ1) is 51.2. The van der Waals surface area contributed by atoms with Crippen LogP contribution in [0.1, 0.15) is 174 Å². The highest BCUT2D eigenvalue weighted by atomic mass is 31.2. The Bertz CT molecular complexity index is 1010. The molecular formula is C43H81NO8P+. The van der Waals surface area contributed by atoms with Gasteiger partial charge in [-0.25, -0.2) is 9.36 Å². The second-order valence-corrected chi connectivity index (χ2v) is 16.9. The van der Waals surface area contributed by atoms with Crippen molar-refractivity contribution in [2.24, 2.45) is 0 Å². The zero-order chi connectivity index (χ0) is 39.3. The molecule has 53 heavy (non-hydrogen) atoms. The van der Waals surface area contributed by atoms with Crippen molar-refractivity contribution in [3.63, 3.8) is 0 Å². The molecule has 0 fully saturated rings. The fraction of sp³-hybridized carbons (Fsp3) is 0.814. The summed E-state index contributed by atoms with van der Waals surface area (Å²) in [7, 11) is 1.43. The minimum atomic E-state index is -4.39. The van der Waals surface area contributed by atoms with E-state index in [1.807, 2.05) is 33.3 Å². The van der Waals surface area contributed by atoms with Crippen molar-refractivity contribution < 1.29 is 42.1 Å². The number of phosphoric acid groups is 1. The number of likely N-dealkylation sites (N-methyl/N-ethyl adjacent to an activating group) is 1. The molecule has 0 amide bonds. The lowest BCUT2D eigenvalue weighted by Crippen LogP contribution is -2.37. The molecule has 0 saturated carbocycles. The van der Waals surface area contributed by atoms with Crippen LogP contribution in [0.5, 0.6) is 0 Å². The fourth-order valence-corrected chi connectivity index (χ4v) is 6.37. The van der Waals surface area contributed by atoms with Crippen LogP contribution in [0.2, 0.25) is 0 Å². The smallest absolute Gasteiger partial charge is 0.458 e. The third kappa shape index (κ3) is 39.7. The Balaban J connectivity index is 4.50. The molecule has 0 saturated heterocycles. The topological polar surface area (TPSA) is 108 Å². The van der Waals surface area contributed by atoms with E-state index in [4.69, 9.17) is 18.5 Å². The molecule has 0 aromatic carbocycles. The van der Waals surface area contributed by atoms with Gasteiger partial charge in [0.1, 0.15) is 19.8 Å². The number of phosphoric ester groups is 1. The van der Waals surface area contributed by atoms with Gasteiger partial charge in [0.25, 0.3) is 0 Å². The van der Waals surface area contributed by atoms with Crippen LogP contribution >= 0.6 is 7.82 Å². The minimum Gasteiger partial charge on any atom is -0.458 e. The Kier molecular flexibility index (Phi) is 34.7. The van der Waals surface area contributed by atoms with Gasteiger partial charge in [-0.2, -0.15) is 0 Å². The SMILES string of the molecule is CCCCCCC/C=C/CCCCCCCC(=O)O[C@H](COC(=O)/C=C/C=C/CCCCCCCCCCCCC)COP(=O)(O)OCC[N+](C)(C)C. The second-order valence-electron chi connectivity index (χ2n) is 15.4. The van der Waals surface area contributed by atoms with Crippen molar-refractivity contribution in [3.8, 4) is 0 Å². The Morgan fingerprint density at radius 1 is 0.623 bits per heavy atom. The molecule has 0 radical (unpaired) electrons. The van der Waals surface area contributed by atoms with Gasteiger partial charge >= 0.3 is 19.8 Å². The molecule has 0 aliphatic carbocycles. The van der Waals surface area contributed by atoms with Gasteiger partial charge in [-0.15, -0.1) is 0 Å². The first-order valence-electron chi connectivity index (χ1n) is 21.3. The van der Waals surface area contributed by atoms with Crippen LogP contribution in [-0.4, -0.2) is 74.9 Å². The van der Waals surface area contributed by atoms with E-state index in [0.717, 1.165) is 44.9 Å². The first-order valence-corrected chi connectivity index (χ1v) is 22.8. The second kappa shape index (κ2) is 35.9. The normalized spacial score (nSPS) is 14.0. The van der Waals surface area contributed by atoms with E-state index in [9.17, 15) is 19.0 Å². The van der Waals surface area contributed by atoms with Gasteiger partial charge in [0.05, 0.1) is 27.7 Å². The Labute approximate surface area is 325 Å². The van der Waals surface area contributed by atoms with Crippen molar-refractivity contribution in [1.82, 2.24) is 0 Å². The summed E-state index contributed by atoms with van der Waals surface area (Å²) in [6.45, 7) is 4.27. The van der Waals surface area contributed by atoms with E-state index in [-0.39, 0.29) is 19.6 Å². The van der Waals surface area contributed by atoms with E-state index in [2.05, 4.69) is 26.0 Å². The average Bonchev–Trinajstić information content (AvgIpc) is 3.10. The maximum absolute atomic E-state index is 12.6. The molecule has 310 valence electrons. The summed E-state index contributed by atoms with van der Waals surface area (Å²) in [6, 6.07) is 0. The van der Waals surface area contributed by atoms with Crippen LogP contribution in [0, 0.1) is 0 Å². The largest absolute Gasteiger partial charge is 0.472 e. The molecule has 2 atom stereocenters. The van der Waals surface area contributed by atoms with Crippen molar-refractivity contribution >= 4 is 19.8 Å². The van der Waals surface area contributed by atoms with E-state index in [1.165, 1.54) is 109 Å². The number of hydrogen-bond acceptors (Lipinski definition) is 7. The predicted octanol–water partition coefficient (Wildman–Crippen LogP) is 11.7. The lowest BCUT2D eigenvalue weighted by molar-refractivity contribution is -0.870. The monoisotopic (exact) mass is 771 g/mol. The first-order chi connectivity index (χ1) is 25.5. The number of hydrogen-bond donors (Lipinski definition) is 1. The summed E-state index contributed by atoms with van der Waals surface area (Å²) in [5.41, 5.74) is 0. The summed E-state index contributed by atoms with van der Waals surface area (Å²) < 4.78 is 34.0. The summed E-state index contributed by atoms with van der Waals surface area (Å²) in [6.07, 6.45) is 39.6. The van der Waals surface area contributed by atoms with Crippen LogP contribution in [-0.2, 0) is 32.7 Å². The van der Waals surface area contributed by atoms with Crippen LogP contribution in [0.3, 0.4) is 0 Å². The number of unbranched alkanes of at least 4 members (excludes halogenated alkanes) is 21. The van der Waals surface area contributed by atoms with Crippen LogP contribution < -0.4 is 0 Å². The highest BCUT2D eigenvalue weighted by Gasteiger charge is 2.26. The number of carbonyl (C=O) groups excluding carboxylic acids is 2. The molecule has 9 nitrogen and oxygen atoms in total. The number of allylic oxidation sites excluding steroid dienone is 5. The molecule has 1 unspecified atom stereocenters. The van der Waals surface area contributed by atoms with Gasteiger partial charge in [0.15, 0.2) is 6.10 Å². The lowest BCUT2D eigenvalue weighted by atomic mass is 10.1. The average molecular weight is 771 g/mol. The van der Waals surface area contributed by atoms with E-state index in [0.29, 0.717) is 17.4 Å². The number of nitrogens with zero attached hydrogens (tertiary/aromatic N) is 1. The third-order valence-electron chi connectivity index (χ3n) is 9.00. The number of rotatable bonds is 38. The summed E-state index contributed by atoms with van der Waals surface area (Å²) in [4.78, 5) is 35.2. The van der Waals surface area contributed by atoms with Gasteiger partial charge in [-0.3, -0.25) is 13.8 Å².